The predicted molar refractivity (Wildman–Crippen MR) is 103 cm³/mol. The molecular formula is C20H32N4. The number of para-hydroxylation sites is 1. The second kappa shape index (κ2) is 7.45. The molecule has 0 saturated carbocycles. The Labute approximate surface area is 146 Å². The average Bonchev–Trinajstić information content (AvgIpc) is 3.19. The third-order valence-electron chi connectivity index (χ3n) is 5.22. The van der Waals surface area contributed by atoms with Gasteiger partial charge in [-0.1, -0.05) is 32.0 Å². The predicted octanol–water partition coefficient (Wildman–Crippen LogP) is 3.21. The fourth-order valence-corrected chi connectivity index (χ4v) is 3.79. The minimum absolute atomic E-state index is 0.410. The van der Waals surface area contributed by atoms with Crippen LogP contribution in [0.3, 0.4) is 0 Å². The van der Waals surface area contributed by atoms with Gasteiger partial charge in [0.15, 0.2) is 5.96 Å². The van der Waals surface area contributed by atoms with Crippen molar-refractivity contribution in [2.75, 3.05) is 44.2 Å². The van der Waals surface area contributed by atoms with E-state index in [4.69, 9.17) is 4.99 Å². The number of aliphatic imine (C=N–C) groups is 1. The van der Waals surface area contributed by atoms with Gasteiger partial charge < -0.3 is 15.1 Å². The maximum Gasteiger partial charge on any atom is 0.193 e. The quantitative estimate of drug-likeness (QED) is 0.680. The molecule has 4 heteroatoms. The van der Waals surface area contributed by atoms with E-state index in [0.29, 0.717) is 11.3 Å². The van der Waals surface area contributed by atoms with E-state index in [1.807, 2.05) is 0 Å². The molecule has 4 nitrogen and oxygen atoms in total. The molecule has 24 heavy (non-hydrogen) atoms. The summed E-state index contributed by atoms with van der Waals surface area (Å²) in [6, 6.07) is 10.8. The Morgan fingerprint density at radius 2 is 2.04 bits per heavy atom. The monoisotopic (exact) mass is 328 g/mol. The fourth-order valence-electron chi connectivity index (χ4n) is 3.79. The van der Waals surface area contributed by atoms with Gasteiger partial charge in [-0.15, -0.1) is 0 Å². The van der Waals surface area contributed by atoms with Crippen LogP contribution < -0.4 is 10.2 Å². The minimum Gasteiger partial charge on any atom is -0.371 e. The van der Waals surface area contributed by atoms with Crippen LogP contribution in [-0.4, -0.2) is 50.1 Å². The van der Waals surface area contributed by atoms with Crippen LogP contribution in [0, 0.1) is 11.3 Å². The smallest absolute Gasteiger partial charge is 0.193 e. The van der Waals surface area contributed by atoms with Crippen molar-refractivity contribution in [2.45, 2.75) is 33.6 Å². The molecule has 0 amide bonds. The molecule has 2 aliphatic heterocycles. The van der Waals surface area contributed by atoms with Crippen LogP contribution in [0.15, 0.2) is 35.3 Å². The lowest BCUT2D eigenvalue weighted by Gasteiger charge is -2.24. The first-order valence-corrected chi connectivity index (χ1v) is 9.41. The number of nitrogens with zero attached hydrogens (tertiary/aromatic N) is 3. The molecule has 1 N–H and O–H groups in total. The fraction of sp³-hybridized carbons (Fsp3) is 0.650. The van der Waals surface area contributed by atoms with Crippen molar-refractivity contribution in [3.05, 3.63) is 30.3 Å². The summed E-state index contributed by atoms with van der Waals surface area (Å²) in [6.07, 6.45) is 2.49. The highest BCUT2D eigenvalue weighted by atomic mass is 15.3. The van der Waals surface area contributed by atoms with Crippen molar-refractivity contribution >= 4 is 11.6 Å². The first kappa shape index (κ1) is 17.1. The molecule has 0 bridgehead atoms. The lowest BCUT2D eigenvalue weighted by Crippen LogP contribution is -2.41. The third-order valence-corrected chi connectivity index (χ3v) is 5.22. The molecule has 2 heterocycles. The van der Waals surface area contributed by atoms with Crippen molar-refractivity contribution in [3.63, 3.8) is 0 Å². The molecule has 1 atom stereocenters. The average molecular weight is 329 g/mol. The van der Waals surface area contributed by atoms with Gasteiger partial charge in [0.2, 0.25) is 0 Å². The first-order chi connectivity index (χ1) is 11.6. The molecule has 2 aliphatic rings. The maximum atomic E-state index is 4.98. The number of guanidine groups is 1. The topological polar surface area (TPSA) is 30.9 Å². The number of likely N-dealkylation sites (tertiary alicyclic amines) is 1. The van der Waals surface area contributed by atoms with Crippen molar-refractivity contribution < 1.29 is 0 Å². The van der Waals surface area contributed by atoms with E-state index in [2.05, 4.69) is 66.2 Å². The molecule has 0 spiro atoms. The minimum atomic E-state index is 0.410. The Balaban J connectivity index is 1.57. The number of benzene rings is 1. The standard InChI is InChI=1S/C20H32N4/c1-4-21-19(24-13-11-20(2,3)16-24)22-14-17-10-12-23(15-17)18-8-6-5-7-9-18/h5-9,17H,4,10-16H2,1-3H3,(H,21,22). The summed E-state index contributed by atoms with van der Waals surface area (Å²) in [5.74, 6) is 1.77. The van der Waals surface area contributed by atoms with Gasteiger partial charge in [-0.3, -0.25) is 4.99 Å². The van der Waals surface area contributed by atoms with Crippen LogP contribution in [0.1, 0.15) is 33.6 Å². The van der Waals surface area contributed by atoms with Crippen LogP contribution >= 0.6 is 0 Å². The molecule has 1 aromatic carbocycles. The van der Waals surface area contributed by atoms with E-state index in [-0.39, 0.29) is 0 Å². The van der Waals surface area contributed by atoms with Crippen LogP contribution in [0.5, 0.6) is 0 Å². The molecule has 1 unspecified atom stereocenters. The van der Waals surface area contributed by atoms with Gasteiger partial charge in [0.1, 0.15) is 0 Å². The summed E-state index contributed by atoms with van der Waals surface area (Å²) in [5.41, 5.74) is 1.75. The Morgan fingerprint density at radius 1 is 1.25 bits per heavy atom. The summed E-state index contributed by atoms with van der Waals surface area (Å²) in [4.78, 5) is 9.91. The van der Waals surface area contributed by atoms with Crippen molar-refractivity contribution in [1.29, 1.82) is 0 Å². The van der Waals surface area contributed by atoms with E-state index in [1.165, 1.54) is 18.5 Å². The van der Waals surface area contributed by atoms with Crippen LogP contribution in [0.25, 0.3) is 0 Å². The maximum absolute atomic E-state index is 4.98. The van der Waals surface area contributed by atoms with E-state index in [1.54, 1.807) is 0 Å². The second-order valence-corrected chi connectivity index (χ2v) is 7.97. The third kappa shape index (κ3) is 4.22. The highest BCUT2D eigenvalue weighted by molar-refractivity contribution is 5.80. The van der Waals surface area contributed by atoms with Crippen LogP contribution in [0.4, 0.5) is 5.69 Å². The second-order valence-electron chi connectivity index (χ2n) is 7.97. The largest absolute Gasteiger partial charge is 0.371 e. The van der Waals surface area contributed by atoms with Crippen LogP contribution in [0.2, 0.25) is 0 Å². The SMILES string of the molecule is CCNC(=NCC1CCN(c2ccccc2)C1)N1CCC(C)(C)C1. The Bertz CT molecular complexity index is 552. The van der Waals surface area contributed by atoms with E-state index in [0.717, 1.165) is 45.2 Å². The van der Waals surface area contributed by atoms with Gasteiger partial charge >= 0.3 is 0 Å². The zero-order valence-electron chi connectivity index (χ0n) is 15.5. The summed E-state index contributed by atoms with van der Waals surface area (Å²) in [7, 11) is 0. The zero-order valence-corrected chi connectivity index (χ0v) is 15.5. The lowest BCUT2D eigenvalue weighted by atomic mass is 9.93. The van der Waals surface area contributed by atoms with Gasteiger partial charge in [-0.25, -0.2) is 0 Å². The molecule has 132 valence electrons. The number of hydrogen-bond acceptors (Lipinski definition) is 2. The van der Waals surface area contributed by atoms with Gasteiger partial charge in [0, 0.05) is 45.0 Å². The number of hydrogen-bond donors (Lipinski definition) is 1. The number of anilines is 1. The Hall–Kier alpha value is -1.71. The Morgan fingerprint density at radius 3 is 2.71 bits per heavy atom. The normalized spacial score (nSPS) is 23.8. The molecule has 0 aliphatic carbocycles. The molecule has 0 radical (unpaired) electrons. The van der Waals surface area contributed by atoms with Crippen LogP contribution in [-0.2, 0) is 0 Å². The summed E-state index contributed by atoms with van der Waals surface area (Å²) in [6.45, 7) is 13.2. The van der Waals surface area contributed by atoms with Crippen molar-refractivity contribution in [1.82, 2.24) is 10.2 Å². The molecule has 3 rings (SSSR count). The molecule has 0 aromatic heterocycles. The molecule has 2 fully saturated rings. The summed E-state index contributed by atoms with van der Waals surface area (Å²) in [5, 5.41) is 3.49. The van der Waals surface area contributed by atoms with Gasteiger partial charge in [0.05, 0.1) is 0 Å². The lowest BCUT2D eigenvalue weighted by molar-refractivity contribution is 0.369. The van der Waals surface area contributed by atoms with Gasteiger partial charge in [0.25, 0.3) is 0 Å². The molecule has 1 aromatic rings. The Kier molecular flexibility index (Phi) is 5.32. The number of nitrogens with one attached hydrogen (secondary N) is 1. The first-order valence-electron chi connectivity index (χ1n) is 9.41. The van der Waals surface area contributed by atoms with Gasteiger partial charge in [-0.2, -0.15) is 0 Å². The van der Waals surface area contributed by atoms with Crippen molar-refractivity contribution in [2.24, 2.45) is 16.3 Å². The molecular weight excluding hydrogens is 296 g/mol. The zero-order chi connectivity index (χ0) is 17.0. The number of rotatable bonds is 4. The van der Waals surface area contributed by atoms with Gasteiger partial charge in [-0.05, 0) is 43.2 Å². The van der Waals surface area contributed by atoms with E-state index >= 15 is 0 Å². The highest BCUT2D eigenvalue weighted by Crippen LogP contribution is 2.29. The highest BCUT2D eigenvalue weighted by Gasteiger charge is 2.31. The van der Waals surface area contributed by atoms with E-state index in [9.17, 15) is 0 Å². The summed E-state index contributed by atoms with van der Waals surface area (Å²) >= 11 is 0. The van der Waals surface area contributed by atoms with E-state index < -0.39 is 0 Å². The molecule has 2 saturated heterocycles. The van der Waals surface area contributed by atoms with Crippen molar-refractivity contribution in [3.8, 4) is 0 Å². The summed E-state index contributed by atoms with van der Waals surface area (Å²) < 4.78 is 0.